The van der Waals surface area contributed by atoms with Gasteiger partial charge in [0.15, 0.2) is 24.8 Å². The summed E-state index contributed by atoms with van der Waals surface area (Å²) >= 11 is 0. The van der Waals surface area contributed by atoms with E-state index in [1.807, 2.05) is 0 Å². The number of ether oxygens (including phenoxy) is 2. The number of aromatic hydroxyl groups is 1. The van der Waals surface area contributed by atoms with Gasteiger partial charge in [0.25, 0.3) is 10.0 Å². The van der Waals surface area contributed by atoms with E-state index in [4.69, 9.17) is 9.47 Å². The molecular weight excluding hydrogens is 398 g/mol. The van der Waals surface area contributed by atoms with Crippen molar-refractivity contribution in [2.45, 2.75) is 11.8 Å². The summed E-state index contributed by atoms with van der Waals surface area (Å²) in [5, 5.41) is 11.1. The van der Waals surface area contributed by atoms with E-state index < -0.39 is 16.0 Å². The lowest BCUT2D eigenvalue weighted by molar-refractivity contribution is -0.585. The fourth-order valence-corrected chi connectivity index (χ4v) is 4.05. The number of phenolic OH excluding ortho intramolecular Hbond substituents is 1. The van der Waals surface area contributed by atoms with E-state index in [0.717, 1.165) is 0 Å². The normalized spacial score (nSPS) is 13.9. The van der Waals surface area contributed by atoms with Crippen molar-refractivity contribution in [2.24, 2.45) is 4.40 Å². The Hall–Kier alpha value is -3.40. The number of benzene rings is 2. The summed E-state index contributed by atoms with van der Waals surface area (Å²) in [5.41, 5.74) is 0.768. The number of esters is 1. The molecule has 0 aromatic heterocycles. The summed E-state index contributed by atoms with van der Waals surface area (Å²) < 4.78 is 40.2. The third-order valence-corrected chi connectivity index (χ3v) is 5.52. The van der Waals surface area contributed by atoms with Gasteiger partial charge in [-0.1, -0.05) is 16.8 Å². The molecule has 0 aliphatic carbocycles. The number of phenols is 1. The number of hydrazine groups is 1. The first-order valence-corrected chi connectivity index (χ1v) is 10.1. The summed E-state index contributed by atoms with van der Waals surface area (Å²) in [6, 6.07) is 10.8. The van der Waals surface area contributed by atoms with Crippen LogP contribution < -0.4 is 4.74 Å². The molecule has 0 unspecified atom stereocenters. The van der Waals surface area contributed by atoms with E-state index in [-0.39, 0.29) is 35.4 Å². The summed E-state index contributed by atoms with van der Waals surface area (Å²) in [6.45, 7) is 5.43. The lowest BCUT2D eigenvalue weighted by atomic mass is 10.2. The second-order valence-electron chi connectivity index (χ2n) is 6.00. The minimum Gasteiger partial charge on any atom is -0.504 e. The summed E-state index contributed by atoms with van der Waals surface area (Å²) in [4.78, 5) is 12.3. The van der Waals surface area contributed by atoms with Crippen LogP contribution in [0.25, 0.3) is 0 Å². The fraction of sp³-hybridized carbons (Fsp3) is 0.211. The molecule has 1 aliphatic rings. The average Bonchev–Trinajstić information content (AvgIpc) is 2.97. The quantitative estimate of drug-likeness (QED) is 0.329. The summed E-state index contributed by atoms with van der Waals surface area (Å²) in [5.74, 6) is -0.437. The highest BCUT2D eigenvalue weighted by atomic mass is 32.2. The van der Waals surface area contributed by atoms with Gasteiger partial charge in [-0.15, -0.1) is 9.41 Å². The van der Waals surface area contributed by atoms with Gasteiger partial charge in [-0.05, 0) is 25.1 Å². The topological polar surface area (TPSA) is 109 Å². The second kappa shape index (κ2) is 7.92. The molecule has 9 nitrogen and oxygen atoms in total. The van der Waals surface area contributed by atoms with Gasteiger partial charge in [-0.2, -0.15) is 8.42 Å². The molecule has 1 heterocycles. The smallest absolute Gasteiger partial charge is 0.331 e. The summed E-state index contributed by atoms with van der Waals surface area (Å²) in [7, 11) is -2.51. The first-order valence-electron chi connectivity index (χ1n) is 8.63. The van der Waals surface area contributed by atoms with Gasteiger partial charge in [0.2, 0.25) is 11.5 Å². The van der Waals surface area contributed by atoms with Crippen molar-refractivity contribution >= 4 is 34.2 Å². The Balaban J connectivity index is 2.09. The third-order valence-electron chi connectivity index (χ3n) is 4.19. The zero-order valence-electron chi connectivity index (χ0n) is 15.9. The highest BCUT2D eigenvalue weighted by Gasteiger charge is 2.37. The number of methoxy groups -OCH3 is 1. The van der Waals surface area contributed by atoms with Crippen molar-refractivity contribution in [1.82, 2.24) is 5.01 Å². The first-order chi connectivity index (χ1) is 13.8. The van der Waals surface area contributed by atoms with Crippen LogP contribution in [0, 0.1) is 0 Å². The van der Waals surface area contributed by atoms with Gasteiger partial charge in [-0.25, -0.2) is 4.79 Å². The molecule has 0 fully saturated rings. The van der Waals surface area contributed by atoms with Crippen LogP contribution in [-0.4, -0.2) is 62.0 Å². The minimum absolute atomic E-state index is 0.0377. The number of carbonyl (C=O) groups is 1. The van der Waals surface area contributed by atoms with Gasteiger partial charge in [-0.3, -0.25) is 0 Å². The molecule has 0 spiro atoms. The Morgan fingerprint density at radius 3 is 2.69 bits per heavy atom. The van der Waals surface area contributed by atoms with Gasteiger partial charge < -0.3 is 14.6 Å². The standard InChI is InChI=1S/C19H19N3O6S/c1-4-28-18(24)12-22(21(2)13-9-10-15(23)16(11-13)27-3)19-14-7-5-6-8-17(14)29(25,26)20-19/h5-11H,2,4,12H2,1,3H3/p+1. The molecule has 0 saturated carbocycles. The Bertz CT molecular complexity index is 1110. The average molecular weight is 418 g/mol. The SMILES string of the molecule is C=[N+](c1ccc(O)c(OC)c1)N(CC(=O)OCC)C1=NS(=O)(=O)c2ccccc21. The van der Waals surface area contributed by atoms with Gasteiger partial charge in [0, 0.05) is 11.6 Å². The lowest BCUT2D eigenvalue weighted by Crippen LogP contribution is -2.41. The Kier molecular flexibility index (Phi) is 5.55. The zero-order valence-corrected chi connectivity index (χ0v) is 16.7. The number of hydrazone groups is 1. The highest BCUT2D eigenvalue weighted by molar-refractivity contribution is 7.90. The molecule has 10 heteroatoms. The number of rotatable bonds is 6. The fourth-order valence-electron chi connectivity index (χ4n) is 2.84. The van der Waals surface area contributed by atoms with Crippen LogP contribution in [0.5, 0.6) is 11.5 Å². The zero-order chi connectivity index (χ0) is 21.2. The Morgan fingerprint density at radius 2 is 2.00 bits per heavy atom. The van der Waals surface area contributed by atoms with Crippen LogP contribution in [0.3, 0.4) is 0 Å². The van der Waals surface area contributed by atoms with Gasteiger partial charge >= 0.3 is 5.97 Å². The van der Waals surface area contributed by atoms with E-state index in [9.17, 15) is 18.3 Å². The number of nitrogens with zero attached hydrogens (tertiary/aromatic N) is 3. The largest absolute Gasteiger partial charge is 0.504 e. The highest BCUT2D eigenvalue weighted by Crippen LogP contribution is 2.32. The number of sulfonamides is 1. The van der Waals surface area contributed by atoms with Crippen molar-refractivity contribution in [3.8, 4) is 11.5 Å². The Morgan fingerprint density at radius 1 is 1.28 bits per heavy atom. The van der Waals surface area contributed by atoms with Gasteiger partial charge in [0.1, 0.15) is 4.90 Å². The molecule has 29 heavy (non-hydrogen) atoms. The molecule has 0 bridgehead atoms. The van der Waals surface area contributed by atoms with E-state index in [0.29, 0.717) is 11.3 Å². The van der Waals surface area contributed by atoms with E-state index >= 15 is 0 Å². The van der Waals surface area contributed by atoms with E-state index in [2.05, 4.69) is 11.1 Å². The second-order valence-corrected chi connectivity index (χ2v) is 7.58. The van der Waals surface area contributed by atoms with E-state index in [1.54, 1.807) is 31.2 Å². The maximum atomic E-state index is 12.5. The van der Waals surface area contributed by atoms with Crippen LogP contribution in [0.2, 0.25) is 0 Å². The molecule has 1 aliphatic heterocycles. The molecule has 152 valence electrons. The van der Waals surface area contributed by atoms with Crippen LogP contribution in [0.4, 0.5) is 5.69 Å². The predicted octanol–water partition coefficient (Wildman–Crippen LogP) is 1.67. The van der Waals surface area contributed by atoms with Crippen LogP contribution in [0.15, 0.2) is 51.8 Å². The molecule has 2 aromatic rings. The monoisotopic (exact) mass is 418 g/mol. The van der Waals surface area contributed by atoms with Gasteiger partial charge in [0.05, 0.1) is 19.8 Å². The molecule has 0 saturated heterocycles. The maximum Gasteiger partial charge on any atom is 0.331 e. The van der Waals surface area contributed by atoms with Crippen molar-refractivity contribution in [3.05, 3.63) is 48.0 Å². The third kappa shape index (κ3) is 3.92. The summed E-state index contributed by atoms with van der Waals surface area (Å²) in [6.07, 6.45) is 0. The van der Waals surface area contributed by atoms with Crippen LogP contribution in [-0.2, 0) is 19.6 Å². The van der Waals surface area contributed by atoms with Crippen molar-refractivity contribution < 1.29 is 32.5 Å². The molecule has 2 aromatic carbocycles. The molecule has 3 rings (SSSR count). The van der Waals surface area contributed by atoms with Crippen LogP contribution >= 0.6 is 0 Å². The molecular formula is C19H20N3O6S+. The predicted molar refractivity (Wildman–Crippen MR) is 105 cm³/mol. The lowest BCUT2D eigenvalue weighted by Gasteiger charge is -2.19. The van der Waals surface area contributed by atoms with E-state index in [1.165, 1.54) is 35.0 Å². The molecule has 1 N–H and O–H groups in total. The number of amidine groups is 1. The molecule has 0 atom stereocenters. The number of hydrogen-bond acceptors (Lipinski definition) is 7. The van der Waals surface area contributed by atoms with Crippen molar-refractivity contribution in [1.29, 1.82) is 0 Å². The Labute approximate surface area is 168 Å². The molecule has 0 radical (unpaired) electrons. The van der Waals surface area contributed by atoms with Crippen molar-refractivity contribution in [3.63, 3.8) is 0 Å². The number of carbonyl (C=O) groups excluding carboxylic acids is 1. The number of hydrogen-bond donors (Lipinski definition) is 1. The van der Waals surface area contributed by atoms with Crippen molar-refractivity contribution in [2.75, 3.05) is 20.3 Å². The maximum absolute atomic E-state index is 12.5. The molecule has 0 amide bonds. The first kappa shape index (κ1) is 20.3. The number of fused-ring (bicyclic) bond motifs is 1. The van der Waals surface area contributed by atoms with Crippen LogP contribution in [0.1, 0.15) is 12.5 Å². The minimum atomic E-state index is -3.91.